The Labute approximate surface area is 343 Å². The van der Waals surface area contributed by atoms with Crippen LogP contribution in [-0.4, -0.2) is 21.6 Å². The Morgan fingerprint density at radius 1 is 0.698 bits per heavy atom. The molecule has 0 amide bonds. The van der Waals surface area contributed by atoms with Gasteiger partial charge in [0.15, 0.2) is 11.4 Å². The molecule has 4 aromatic rings. The van der Waals surface area contributed by atoms with Crippen molar-refractivity contribution in [2.75, 3.05) is 0 Å². The molecule has 7 heteroatoms. The fraction of sp³-hybridized carbons (Fsp3) is 0.326. The number of aromatic nitrogens is 1. The predicted octanol–water partition coefficient (Wildman–Crippen LogP) is 13.5. The largest absolute Gasteiger partial charge is 0.737 e. The Hall–Kier alpha value is -3.05. The summed E-state index contributed by atoms with van der Waals surface area (Å²) in [6.07, 6.45) is 9.11. The van der Waals surface area contributed by atoms with Crippen LogP contribution in [0.25, 0.3) is 23.8 Å². The van der Waals surface area contributed by atoms with Crippen LogP contribution in [0.5, 0.6) is 0 Å². The van der Waals surface area contributed by atoms with Crippen molar-refractivity contribution >= 4 is 81.7 Å². The maximum Gasteiger partial charge on any atom is 0.737 e. The van der Waals surface area contributed by atoms with E-state index in [0.717, 1.165) is 51.7 Å². The van der Waals surface area contributed by atoms with Crippen molar-refractivity contribution in [3.63, 3.8) is 0 Å². The fourth-order valence-corrected chi connectivity index (χ4v) is 9.68. The van der Waals surface area contributed by atoms with Crippen LogP contribution in [0.4, 0.5) is 8.63 Å². The molecule has 6 rings (SSSR count). The monoisotopic (exact) mass is 934 g/mol. The Morgan fingerprint density at radius 2 is 1.19 bits per heavy atom. The summed E-state index contributed by atoms with van der Waals surface area (Å²) in [5.74, 6) is 0. The lowest BCUT2D eigenvalue weighted by Gasteiger charge is -2.34. The van der Waals surface area contributed by atoms with E-state index in [2.05, 4.69) is 168 Å². The topological polar surface area (TPSA) is 7.94 Å². The van der Waals surface area contributed by atoms with E-state index in [1.54, 1.807) is 0 Å². The molecular formula is C46H51BF2I2N2. The molecule has 53 heavy (non-hydrogen) atoms. The summed E-state index contributed by atoms with van der Waals surface area (Å²) in [6.45, 7) is 19.2. The SMILES string of the molecule is CCC1=C(C)C2=C(c3cc(I)c(C)c(I)c3)c3c(C)c(CC)c(/C=C/c4ccc(C(C)(C)C)cc4)n3[B-](F)(F)[N+]2=C1/C=C/c1ccc(C(C)(C)C)cc1. The van der Waals surface area contributed by atoms with Crippen LogP contribution in [0, 0.1) is 21.0 Å². The average molecular weight is 935 g/mol. The fourth-order valence-electron chi connectivity index (χ4n) is 7.91. The van der Waals surface area contributed by atoms with Gasteiger partial charge in [0.2, 0.25) is 0 Å². The van der Waals surface area contributed by atoms with Gasteiger partial charge in [-0.3, -0.25) is 0 Å². The minimum absolute atomic E-state index is 0.0315. The van der Waals surface area contributed by atoms with Crippen molar-refractivity contribution in [1.82, 2.24) is 4.48 Å². The molecule has 2 nitrogen and oxygen atoms in total. The summed E-state index contributed by atoms with van der Waals surface area (Å²) in [5, 5.41) is 0. The molecule has 276 valence electrons. The zero-order chi connectivity index (χ0) is 38.8. The molecule has 0 saturated heterocycles. The number of nitrogens with zero attached hydrogens (tertiary/aromatic N) is 2. The van der Waals surface area contributed by atoms with Crippen molar-refractivity contribution in [3.05, 3.63) is 147 Å². The first-order chi connectivity index (χ1) is 24.8. The van der Waals surface area contributed by atoms with E-state index in [1.807, 2.05) is 38.2 Å². The Kier molecular flexibility index (Phi) is 10.9. The molecule has 0 atom stereocenters. The van der Waals surface area contributed by atoms with Crippen LogP contribution in [0.3, 0.4) is 0 Å². The first-order valence-corrected chi connectivity index (χ1v) is 20.9. The van der Waals surface area contributed by atoms with Gasteiger partial charge in [-0.15, -0.1) is 0 Å². The zero-order valence-electron chi connectivity index (χ0n) is 33.0. The van der Waals surface area contributed by atoms with Gasteiger partial charge < -0.3 is 17.6 Å². The van der Waals surface area contributed by atoms with Gasteiger partial charge in [0.1, 0.15) is 0 Å². The number of rotatable bonds is 7. The Bertz CT molecular complexity index is 2240. The lowest BCUT2D eigenvalue weighted by atomic mass is 9.83. The highest BCUT2D eigenvalue weighted by Gasteiger charge is 2.57. The molecular weight excluding hydrogens is 883 g/mol. The van der Waals surface area contributed by atoms with Crippen LogP contribution in [0.2, 0.25) is 0 Å². The third-order valence-corrected chi connectivity index (χ3v) is 13.3. The number of allylic oxidation sites excluding steroid dienone is 3. The van der Waals surface area contributed by atoms with E-state index in [1.165, 1.54) is 25.7 Å². The van der Waals surface area contributed by atoms with E-state index >= 15 is 8.63 Å². The lowest BCUT2D eigenvalue weighted by Crippen LogP contribution is -2.51. The highest BCUT2D eigenvalue weighted by molar-refractivity contribution is 14.1. The normalized spacial score (nSPS) is 16.1. The molecule has 3 aromatic carbocycles. The van der Waals surface area contributed by atoms with Crippen LogP contribution < -0.4 is 0 Å². The predicted molar refractivity (Wildman–Crippen MR) is 241 cm³/mol. The molecule has 0 aliphatic carbocycles. The summed E-state index contributed by atoms with van der Waals surface area (Å²) in [7, 11) is 0. The summed E-state index contributed by atoms with van der Waals surface area (Å²) >= 11 is 4.78. The van der Waals surface area contributed by atoms with Crippen LogP contribution in [0.1, 0.15) is 125 Å². The van der Waals surface area contributed by atoms with Crippen molar-refractivity contribution in [1.29, 1.82) is 0 Å². The number of benzene rings is 3. The first kappa shape index (κ1) is 39.6. The average Bonchev–Trinajstić information content (AvgIpc) is 3.55. The molecule has 0 unspecified atom stereocenters. The van der Waals surface area contributed by atoms with E-state index in [-0.39, 0.29) is 10.8 Å². The van der Waals surface area contributed by atoms with Gasteiger partial charge in [-0.1, -0.05) is 110 Å². The van der Waals surface area contributed by atoms with Gasteiger partial charge in [0.05, 0.1) is 5.57 Å². The Balaban J connectivity index is 1.65. The van der Waals surface area contributed by atoms with Crippen molar-refractivity contribution in [2.24, 2.45) is 0 Å². The molecule has 0 bridgehead atoms. The van der Waals surface area contributed by atoms with E-state index in [4.69, 9.17) is 0 Å². The van der Waals surface area contributed by atoms with Crippen molar-refractivity contribution in [3.8, 4) is 0 Å². The molecule has 0 radical (unpaired) electrons. The molecule has 3 heterocycles. The molecule has 0 fully saturated rings. The quantitative estimate of drug-likeness (QED) is 0.129. The first-order valence-electron chi connectivity index (χ1n) is 18.7. The molecule has 0 saturated carbocycles. The standard InChI is InChI=1S/C46H51BF2I2N2/c1-12-36-28(3)43-42(33-26-38(50)30(5)39(51)27-33)44-29(4)37(13-2)41(25-19-32-16-22-35(23-17-32)46(9,10)11)53(44)47(48,49)52(43)40(36)24-18-31-14-20-34(21-15-31)45(6,7)8/h14-27H,12-13H2,1-11H3/b24-18+,25-19+. The number of fused-ring (bicyclic) bond motifs is 2. The summed E-state index contributed by atoms with van der Waals surface area (Å²) in [5.41, 5.74) is 13.7. The molecule has 1 aromatic heterocycles. The smallest absolute Gasteiger partial charge is 0.389 e. The second kappa shape index (κ2) is 14.6. The lowest BCUT2D eigenvalue weighted by molar-refractivity contribution is -0.362. The van der Waals surface area contributed by atoms with Crippen molar-refractivity contribution < 1.29 is 13.1 Å². The van der Waals surface area contributed by atoms with Crippen LogP contribution >= 0.6 is 45.2 Å². The third-order valence-electron chi connectivity index (χ3n) is 11.0. The molecule has 2 aliphatic heterocycles. The molecule has 0 N–H and O–H groups in total. The second-order valence-electron chi connectivity index (χ2n) is 16.6. The maximum atomic E-state index is 18.0. The van der Waals surface area contributed by atoms with E-state index in [0.29, 0.717) is 35.6 Å². The second-order valence-corrected chi connectivity index (χ2v) is 18.9. The summed E-state index contributed by atoms with van der Waals surface area (Å²) in [6, 6.07) is 21.3. The van der Waals surface area contributed by atoms with Gasteiger partial charge in [0, 0.05) is 35.8 Å². The van der Waals surface area contributed by atoms with Crippen molar-refractivity contribution in [2.45, 2.75) is 99.8 Å². The number of halogens is 4. The third kappa shape index (κ3) is 7.14. The minimum atomic E-state index is -4.30. The van der Waals surface area contributed by atoms with Gasteiger partial charge >= 0.3 is 6.97 Å². The van der Waals surface area contributed by atoms with Gasteiger partial charge in [-0.2, -0.15) is 0 Å². The summed E-state index contributed by atoms with van der Waals surface area (Å²) < 4.78 is 41.0. The van der Waals surface area contributed by atoms with Gasteiger partial charge in [0.25, 0.3) is 0 Å². The van der Waals surface area contributed by atoms with Crippen LogP contribution in [-0.2, 0) is 17.3 Å². The summed E-state index contributed by atoms with van der Waals surface area (Å²) in [4.78, 5) is 0. The highest BCUT2D eigenvalue weighted by Crippen LogP contribution is 2.48. The molecule has 0 spiro atoms. The number of hydrogen-bond acceptors (Lipinski definition) is 0. The van der Waals surface area contributed by atoms with Crippen LogP contribution in [0.15, 0.2) is 83.6 Å². The number of hydrogen-bond donors (Lipinski definition) is 0. The Morgan fingerprint density at radius 3 is 1.64 bits per heavy atom. The van der Waals surface area contributed by atoms with Gasteiger partial charge in [-0.25, -0.2) is 0 Å². The maximum absolute atomic E-state index is 18.0. The van der Waals surface area contributed by atoms with E-state index in [9.17, 15) is 0 Å². The van der Waals surface area contributed by atoms with Gasteiger partial charge in [-0.05, 0) is 158 Å². The minimum Gasteiger partial charge on any atom is -0.389 e. The molecule has 2 aliphatic rings. The highest BCUT2D eigenvalue weighted by atomic mass is 127. The zero-order valence-corrected chi connectivity index (χ0v) is 37.3. The van der Waals surface area contributed by atoms with E-state index < -0.39 is 6.97 Å².